The van der Waals surface area contributed by atoms with Gasteiger partial charge in [-0.05, 0) is 32.9 Å². The van der Waals surface area contributed by atoms with Gasteiger partial charge in [-0.3, -0.25) is 9.69 Å². The minimum Gasteiger partial charge on any atom is -0.331 e. The Hall–Kier alpha value is -0.820. The van der Waals surface area contributed by atoms with Crippen LogP contribution in [0.2, 0.25) is 0 Å². The molecule has 2 aliphatic heterocycles. The van der Waals surface area contributed by atoms with Crippen molar-refractivity contribution in [1.82, 2.24) is 14.7 Å². The molecule has 2 saturated heterocycles. The normalized spacial score (nSPS) is 26.4. The topological polar surface area (TPSA) is 26.8 Å². The smallest absolute Gasteiger partial charge is 0.331 e. The van der Waals surface area contributed by atoms with Gasteiger partial charge in [0.15, 0.2) is 0 Å². The number of amides is 1. The van der Waals surface area contributed by atoms with Gasteiger partial charge < -0.3 is 9.80 Å². The lowest BCUT2D eigenvalue weighted by Crippen LogP contribution is -2.53. The molecule has 2 fully saturated rings. The molecule has 1 amide bonds. The summed E-state index contributed by atoms with van der Waals surface area (Å²) >= 11 is 0. The summed E-state index contributed by atoms with van der Waals surface area (Å²) in [6, 6.07) is 0.544. The van der Waals surface area contributed by atoms with Crippen LogP contribution in [0.15, 0.2) is 0 Å². The van der Waals surface area contributed by atoms with Crippen LogP contribution in [0.5, 0.6) is 0 Å². The number of likely N-dealkylation sites (tertiary alicyclic amines) is 1. The second-order valence-electron chi connectivity index (χ2n) is 6.13. The fourth-order valence-electron chi connectivity index (χ4n) is 3.17. The van der Waals surface area contributed by atoms with E-state index in [0.717, 1.165) is 24.4 Å². The van der Waals surface area contributed by atoms with Crippen LogP contribution in [0.1, 0.15) is 25.7 Å². The number of carbonyl (C=O) groups excluding carboxylic acids is 1. The highest BCUT2D eigenvalue weighted by atomic mass is 19.4. The molecule has 0 aromatic heterocycles. The molecule has 0 bridgehead atoms. The summed E-state index contributed by atoms with van der Waals surface area (Å²) in [5, 5.41) is 0. The van der Waals surface area contributed by atoms with Crippen LogP contribution in [0, 0.1) is 0 Å². The maximum atomic E-state index is 12.3. The van der Waals surface area contributed by atoms with Crippen molar-refractivity contribution in [2.24, 2.45) is 0 Å². The Balaban J connectivity index is 1.73. The monoisotopic (exact) mass is 307 g/mol. The van der Waals surface area contributed by atoms with Crippen LogP contribution >= 0.6 is 0 Å². The van der Waals surface area contributed by atoms with E-state index in [0.29, 0.717) is 12.6 Å². The van der Waals surface area contributed by atoms with Gasteiger partial charge in [-0.15, -0.1) is 0 Å². The van der Waals surface area contributed by atoms with E-state index in [9.17, 15) is 18.0 Å². The first-order valence-corrected chi connectivity index (χ1v) is 7.62. The summed E-state index contributed by atoms with van der Waals surface area (Å²) in [6.07, 6.45) is 0.346. The predicted molar refractivity (Wildman–Crippen MR) is 74.0 cm³/mol. The minimum absolute atomic E-state index is 0.118. The molecule has 0 spiro atoms. The van der Waals surface area contributed by atoms with Gasteiger partial charge in [-0.2, -0.15) is 13.2 Å². The van der Waals surface area contributed by atoms with Crippen molar-refractivity contribution in [3.8, 4) is 0 Å². The van der Waals surface area contributed by atoms with Gasteiger partial charge in [-0.25, -0.2) is 0 Å². The molecule has 2 aliphatic rings. The second-order valence-corrected chi connectivity index (χ2v) is 6.13. The molecule has 0 aliphatic carbocycles. The Kier molecular flexibility index (Phi) is 5.48. The van der Waals surface area contributed by atoms with Gasteiger partial charge in [0.05, 0.1) is 6.54 Å². The number of hydrogen-bond acceptors (Lipinski definition) is 3. The Morgan fingerprint density at radius 2 is 1.95 bits per heavy atom. The van der Waals surface area contributed by atoms with Crippen molar-refractivity contribution in [1.29, 1.82) is 0 Å². The maximum Gasteiger partial charge on any atom is 0.406 e. The molecule has 0 unspecified atom stereocenters. The fourth-order valence-corrected chi connectivity index (χ4v) is 3.17. The molecular formula is C14H24F3N3O. The van der Waals surface area contributed by atoms with E-state index in [1.54, 1.807) is 0 Å². The summed E-state index contributed by atoms with van der Waals surface area (Å²) in [7, 11) is 2.12. The molecule has 2 rings (SSSR count). The Bertz CT molecular complexity index is 362. The number of hydrogen-bond donors (Lipinski definition) is 0. The number of piperidine rings is 1. The molecule has 0 aromatic rings. The molecule has 0 N–H and O–H groups in total. The lowest BCUT2D eigenvalue weighted by atomic mass is 10.00. The standard InChI is InChI=1S/C14H24F3N3O/c1-18-6-3-2-4-12(18)5-7-19-8-9-20(13(21)10-19)11-14(15,16)17/h12H,2-11H2,1H3/t12-/m1/s1. The van der Waals surface area contributed by atoms with Gasteiger partial charge in [0.25, 0.3) is 0 Å². The Labute approximate surface area is 123 Å². The van der Waals surface area contributed by atoms with Crippen molar-refractivity contribution < 1.29 is 18.0 Å². The van der Waals surface area contributed by atoms with E-state index in [1.807, 2.05) is 4.90 Å². The molecule has 0 saturated carbocycles. The Morgan fingerprint density at radius 3 is 2.57 bits per heavy atom. The van der Waals surface area contributed by atoms with Crippen molar-refractivity contribution >= 4 is 5.91 Å². The highest BCUT2D eigenvalue weighted by Crippen LogP contribution is 2.20. The minimum atomic E-state index is -4.30. The zero-order valence-electron chi connectivity index (χ0n) is 12.5. The number of nitrogens with zero attached hydrogens (tertiary/aromatic N) is 3. The van der Waals surface area contributed by atoms with Crippen molar-refractivity contribution in [3.63, 3.8) is 0 Å². The van der Waals surface area contributed by atoms with Crippen LogP contribution in [0.3, 0.4) is 0 Å². The van der Waals surface area contributed by atoms with Gasteiger partial charge >= 0.3 is 6.18 Å². The predicted octanol–water partition coefficient (Wildman–Crippen LogP) is 1.57. The Morgan fingerprint density at radius 1 is 1.19 bits per heavy atom. The summed E-state index contributed by atoms with van der Waals surface area (Å²) in [5.41, 5.74) is 0. The molecule has 0 aromatic carbocycles. The van der Waals surface area contributed by atoms with Crippen molar-refractivity contribution in [2.75, 3.05) is 46.3 Å². The first kappa shape index (κ1) is 16.5. The van der Waals surface area contributed by atoms with Crippen molar-refractivity contribution in [2.45, 2.75) is 37.9 Å². The zero-order chi connectivity index (χ0) is 15.5. The van der Waals surface area contributed by atoms with Crippen LogP contribution in [0.4, 0.5) is 13.2 Å². The average molecular weight is 307 g/mol. The number of alkyl halides is 3. The molecule has 21 heavy (non-hydrogen) atoms. The quantitative estimate of drug-likeness (QED) is 0.789. The average Bonchev–Trinajstić information content (AvgIpc) is 2.39. The summed E-state index contributed by atoms with van der Waals surface area (Å²) in [4.78, 5) is 17.0. The summed E-state index contributed by atoms with van der Waals surface area (Å²) in [5.74, 6) is -0.407. The highest BCUT2D eigenvalue weighted by Gasteiger charge is 2.35. The van der Waals surface area contributed by atoms with Gasteiger partial charge in [0.1, 0.15) is 6.54 Å². The van der Waals surface area contributed by atoms with Gasteiger partial charge in [-0.1, -0.05) is 6.42 Å². The largest absolute Gasteiger partial charge is 0.406 e. The number of rotatable bonds is 4. The highest BCUT2D eigenvalue weighted by molar-refractivity contribution is 5.79. The first-order valence-electron chi connectivity index (χ1n) is 7.62. The van der Waals surface area contributed by atoms with E-state index in [2.05, 4.69) is 11.9 Å². The molecule has 122 valence electrons. The van der Waals surface area contributed by atoms with Crippen LogP contribution in [-0.4, -0.2) is 79.1 Å². The maximum absolute atomic E-state index is 12.3. The van der Waals surface area contributed by atoms with E-state index >= 15 is 0 Å². The zero-order valence-corrected chi connectivity index (χ0v) is 12.5. The van der Waals surface area contributed by atoms with Crippen molar-refractivity contribution in [3.05, 3.63) is 0 Å². The number of piperazine rings is 1. The van der Waals surface area contributed by atoms with E-state index in [-0.39, 0.29) is 13.1 Å². The second kappa shape index (κ2) is 6.96. The van der Waals surface area contributed by atoms with Crippen LogP contribution in [0.25, 0.3) is 0 Å². The third-order valence-corrected chi connectivity index (χ3v) is 4.47. The number of halogens is 3. The SMILES string of the molecule is CN1CCCC[C@@H]1CCN1CCN(CC(F)(F)F)C(=O)C1. The molecule has 4 nitrogen and oxygen atoms in total. The van der Waals surface area contributed by atoms with Crippen LogP contribution < -0.4 is 0 Å². The lowest BCUT2D eigenvalue weighted by Gasteiger charge is -2.37. The van der Waals surface area contributed by atoms with Gasteiger partial charge in [0, 0.05) is 25.7 Å². The van der Waals surface area contributed by atoms with E-state index in [1.165, 1.54) is 19.3 Å². The van der Waals surface area contributed by atoms with E-state index < -0.39 is 18.6 Å². The molecule has 2 heterocycles. The molecular weight excluding hydrogens is 283 g/mol. The van der Waals surface area contributed by atoms with Crippen LogP contribution in [-0.2, 0) is 4.79 Å². The van der Waals surface area contributed by atoms with Gasteiger partial charge in [0.2, 0.25) is 5.91 Å². The molecule has 0 radical (unpaired) electrons. The fraction of sp³-hybridized carbons (Fsp3) is 0.929. The summed E-state index contributed by atoms with van der Waals surface area (Å²) < 4.78 is 37.0. The van der Waals surface area contributed by atoms with E-state index in [4.69, 9.17) is 0 Å². The third-order valence-electron chi connectivity index (χ3n) is 4.47. The first-order chi connectivity index (χ1) is 9.85. The molecule has 7 heteroatoms. The third kappa shape index (κ3) is 5.14. The number of carbonyl (C=O) groups is 1. The summed E-state index contributed by atoms with van der Waals surface area (Å²) in [6.45, 7) is 1.62. The molecule has 1 atom stereocenters. The lowest BCUT2D eigenvalue weighted by molar-refractivity contribution is -0.165.